The summed E-state index contributed by atoms with van der Waals surface area (Å²) in [6.07, 6.45) is 3.15. The summed E-state index contributed by atoms with van der Waals surface area (Å²) in [6, 6.07) is 5.48. The zero-order valence-electron chi connectivity index (χ0n) is 11.7. The van der Waals surface area contributed by atoms with Crippen LogP contribution in [0.3, 0.4) is 0 Å². The normalized spacial score (nSPS) is 13.8. The van der Waals surface area contributed by atoms with Gasteiger partial charge in [0.2, 0.25) is 0 Å². The van der Waals surface area contributed by atoms with Gasteiger partial charge in [-0.15, -0.1) is 0 Å². The number of hydrogen-bond donors (Lipinski definition) is 0. The molecule has 0 radical (unpaired) electrons. The van der Waals surface area contributed by atoms with E-state index in [1.165, 1.54) is 11.1 Å². The number of ketones is 1. The van der Waals surface area contributed by atoms with Crippen LogP contribution in [0.25, 0.3) is 0 Å². The van der Waals surface area contributed by atoms with Crippen LogP contribution >= 0.6 is 11.6 Å². The number of carbonyl (C=O) groups is 2. The van der Waals surface area contributed by atoms with E-state index in [4.69, 9.17) is 11.6 Å². The highest BCUT2D eigenvalue weighted by atomic mass is 35.5. The molecule has 2 heterocycles. The summed E-state index contributed by atoms with van der Waals surface area (Å²) in [6.45, 7) is 4.08. The van der Waals surface area contributed by atoms with Gasteiger partial charge in [-0.3, -0.25) is 14.6 Å². The standard InChI is InChI=1S/C16H13ClN2O2/c1-9-5-10(2)14-12(6-9)15(20)16(21)19(14)8-11-3-4-18-7-13(11)17/h3-7H,8H2,1-2H3. The quantitative estimate of drug-likeness (QED) is 0.801. The number of aryl methyl sites for hydroxylation is 2. The molecule has 0 bridgehead atoms. The molecule has 1 aliphatic heterocycles. The van der Waals surface area contributed by atoms with Crippen molar-refractivity contribution < 1.29 is 9.59 Å². The van der Waals surface area contributed by atoms with Crippen molar-refractivity contribution >= 4 is 29.0 Å². The average Bonchev–Trinajstić information content (AvgIpc) is 2.67. The smallest absolute Gasteiger partial charge is 0.299 e. The second-order valence-electron chi connectivity index (χ2n) is 5.17. The lowest BCUT2D eigenvalue weighted by Gasteiger charge is -2.19. The molecule has 4 nitrogen and oxygen atoms in total. The topological polar surface area (TPSA) is 50.3 Å². The zero-order valence-corrected chi connectivity index (χ0v) is 12.4. The van der Waals surface area contributed by atoms with E-state index < -0.39 is 11.7 Å². The second-order valence-corrected chi connectivity index (χ2v) is 5.57. The first-order valence-electron chi connectivity index (χ1n) is 6.55. The Morgan fingerprint density at radius 2 is 2.00 bits per heavy atom. The number of benzene rings is 1. The van der Waals surface area contributed by atoms with E-state index in [9.17, 15) is 9.59 Å². The van der Waals surface area contributed by atoms with Crippen LogP contribution < -0.4 is 4.90 Å². The fraction of sp³-hybridized carbons (Fsp3) is 0.188. The Bertz CT molecular complexity index is 771. The maximum absolute atomic E-state index is 12.3. The monoisotopic (exact) mass is 300 g/mol. The molecule has 1 aromatic carbocycles. The van der Waals surface area contributed by atoms with Crippen LogP contribution in [0.4, 0.5) is 5.69 Å². The van der Waals surface area contributed by atoms with Crippen molar-refractivity contribution in [3.63, 3.8) is 0 Å². The fourth-order valence-corrected chi connectivity index (χ4v) is 2.86. The third kappa shape index (κ3) is 2.21. The maximum Gasteiger partial charge on any atom is 0.299 e. The van der Waals surface area contributed by atoms with E-state index in [0.717, 1.165) is 16.7 Å². The van der Waals surface area contributed by atoms with E-state index in [1.54, 1.807) is 18.3 Å². The molecule has 0 aliphatic carbocycles. The molecule has 0 unspecified atom stereocenters. The van der Waals surface area contributed by atoms with Crippen molar-refractivity contribution in [2.24, 2.45) is 0 Å². The maximum atomic E-state index is 12.3. The van der Waals surface area contributed by atoms with Crippen molar-refractivity contribution in [1.29, 1.82) is 0 Å². The Morgan fingerprint density at radius 3 is 2.71 bits per heavy atom. The lowest BCUT2D eigenvalue weighted by atomic mass is 10.0. The Balaban J connectivity index is 2.08. The molecule has 2 aromatic rings. The number of fused-ring (bicyclic) bond motifs is 1. The van der Waals surface area contributed by atoms with Crippen LogP contribution in [0.15, 0.2) is 30.6 Å². The van der Waals surface area contributed by atoms with Gasteiger partial charge < -0.3 is 4.90 Å². The van der Waals surface area contributed by atoms with E-state index in [-0.39, 0.29) is 6.54 Å². The summed E-state index contributed by atoms with van der Waals surface area (Å²) >= 11 is 6.09. The SMILES string of the molecule is Cc1cc(C)c2c(c1)C(=O)C(=O)N2Cc1ccncc1Cl. The number of anilines is 1. The first-order chi connectivity index (χ1) is 9.99. The minimum atomic E-state index is -0.508. The van der Waals surface area contributed by atoms with Crippen LogP contribution in [-0.4, -0.2) is 16.7 Å². The highest BCUT2D eigenvalue weighted by molar-refractivity contribution is 6.52. The Kier molecular flexibility index (Phi) is 3.26. The van der Waals surface area contributed by atoms with Crippen LogP contribution in [0, 0.1) is 13.8 Å². The van der Waals surface area contributed by atoms with Gasteiger partial charge in [0.25, 0.3) is 11.7 Å². The molecule has 106 valence electrons. The Labute approximate surface area is 127 Å². The number of Topliss-reactive ketones (excluding diaryl/α,β-unsaturated/α-hetero) is 1. The fourth-order valence-electron chi connectivity index (χ4n) is 2.68. The predicted octanol–water partition coefficient (Wildman–Crippen LogP) is 3.08. The molecule has 0 fully saturated rings. The first-order valence-corrected chi connectivity index (χ1v) is 6.92. The minimum Gasteiger partial charge on any atom is -0.300 e. The molecule has 1 amide bonds. The number of carbonyl (C=O) groups excluding carboxylic acids is 2. The van der Waals surface area contributed by atoms with Crippen LogP contribution in [0.1, 0.15) is 27.0 Å². The van der Waals surface area contributed by atoms with Crippen molar-refractivity contribution in [1.82, 2.24) is 4.98 Å². The highest BCUT2D eigenvalue weighted by Gasteiger charge is 2.37. The first kappa shape index (κ1) is 13.8. The second kappa shape index (κ2) is 4.97. The molecule has 0 spiro atoms. The molecule has 0 saturated heterocycles. The van der Waals surface area contributed by atoms with Gasteiger partial charge in [0.15, 0.2) is 0 Å². The van der Waals surface area contributed by atoms with Crippen LogP contribution in [0.2, 0.25) is 5.02 Å². The number of nitrogens with zero attached hydrogens (tertiary/aromatic N) is 2. The van der Waals surface area contributed by atoms with Gasteiger partial charge in [-0.2, -0.15) is 0 Å². The van der Waals surface area contributed by atoms with Gasteiger partial charge in [-0.05, 0) is 42.7 Å². The molecule has 0 saturated carbocycles. The van der Waals surface area contributed by atoms with Gasteiger partial charge in [0.1, 0.15) is 0 Å². The van der Waals surface area contributed by atoms with Crippen LogP contribution in [0.5, 0.6) is 0 Å². The third-order valence-corrected chi connectivity index (χ3v) is 3.92. The Morgan fingerprint density at radius 1 is 1.24 bits per heavy atom. The molecular formula is C16H13ClN2O2. The molecule has 1 aromatic heterocycles. The largest absolute Gasteiger partial charge is 0.300 e. The molecule has 1 aliphatic rings. The van der Waals surface area contributed by atoms with E-state index >= 15 is 0 Å². The lowest BCUT2D eigenvalue weighted by Crippen LogP contribution is -2.29. The molecule has 3 rings (SSSR count). The van der Waals surface area contributed by atoms with Gasteiger partial charge in [-0.1, -0.05) is 17.7 Å². The number of hydrogen-bond acceptors (Lipinski definition) is 3. The van der Waals surface area contributed by atoms with Crippen molar-refractivity contribution in [2.75, 3.05) is 4.90 Å². The molecule has 0 atom stereocenters. The molecule has 0 N–H and O–H groups in total. The summed E-state index contributed by atoms with van der Waals surface area (Å²) in [5, 5.41) is 0.482. The van der Waals surface area contributed by atoms with Gasteiger partial charge >= 0.3 is 0 Å². The van der Waals surface area contributed by atoms with Gasteiger partial charge in [-0.25, -0.2) is 0 Å². The molecular weight excluding hydrogens is 288 g/mol. The summed E-state index contributed by atoms with van der Waals surface area (Å²) in [5.41, 5.74) is 3.80. The third-order valence-electron chi connectivity index (χ3n) is 3.58. The number of amides is 1. The summed E-state index contributed by atoms with van der Waals surface area (Å²) in [5.74, 6) is -0.964. The highest BCUT2D eigenvalue weighted by Crippen LogP contribution is 2.35. The van der Waals surface area contributed by atoms with E-state index in [1.807, 2.05) is 19.9 Å². The predicted molar refractivity (Wildman–Crippen MR) is 80.7 cm³/mol. The Hall–Kier alpha value is -2.20. The van der Waals surface area contributed by atoms with E-state index in [0.29, 0.717) is 16.3 Å². The summed E-state index contributed by atoms with van der Waals surface area (Å²) < 4.78 is 0. The van der Waals surface area contributed by atoms with E-state index in [2.05, 4.69) is 4.98 Å². The van der Waals surface area contributed by atoms with Gasteiger partial charge in [0.05, 0.1) is 22.8 Å². The summed E-state index contributed by atoms with van der Waals surface area (Å²) in [7, 11) is 0. The molecule has 21 heavy (non-hydrogen) atoms. The van der Waals surface area contributed by atoms with Crippen molar-refractivity contribution in [3.8, 4) is 0 Å². The van der Waals surface area contributed by atoms with Crippen molar-refractivity contribution in [3.05, 3.63) is 57.9 Å². The number of aromatic nitrogens is 1. The summed E-state index contributed by atoms with van der Waals surface area (Å²) in [4.78, 5) is 29.8. The zero-order chi connectivity index (χ0) is 15.1. The minimum absolute atomic E-state index is 0.267. The number of halogens is 1. The lowest BCUT2D eigenvalue weighted by molar-refractivity contribution is -0.114. The van der Waals surface area contributed by atoms with Gasteiger partial charge in [0, 0.05) is 12.4 Å². The number of pyridine rings is 1. The average molecular weight is 301 g/mol. The van der Waals surface area contributed by atoms with Crippen LogP contribution in [-0.2, 0) is 11.3 Å². The molecule has 5 heteroatoms. The van der Waals surface area contributed by atoms with Crippen molar-refractivity contribution in [2.45, 2.75) is 20.4 Å². The number of rotatable bonds is 2.